The molecule has 0 bridgehead atoms. The Morgan fingerprint density at radius 2 is 1.02 bits per heavy atom. The van der Waals surface area contributed by atoms with Gasteiger partial charge in [-0.3, -0.25) is 14.2 Å². The van der Waals surface area contributed by atoms with E-state index in [1.54, 1.807) is 26.8 Å². The van der Waals surface area contributed by atoms with Crippen LogP contribution in [0.1, 0.15) is 209 Å². The number of carbonyl (C=O) groups is 2. The molecule has 0 saturated carbocycles. The van der Waals surface area contributed by atoms with Gasteiger partial charge in [0.1, 0.15) is 12.4 Å². The molecular weight excluding hydrogens is 1120 g/mol. The number of hydrogen-bond acceptors (Lipinski definition) is 17. The summed E-state index contributed by atoms with van der Waals surface area (Å²) in [5.41, 5.74) is -1.74. The molecule has 490 valence electrons. The normalized spacial score (nSPS) is 31.4. The topological polar surface area (TPSA) is 180 Å². The molecule has 0 N–H and O–H groups in total. The van der Waals surface area contributed by atoms with Gasteiger partial charge >= 0.3 is 13.6 Å². The lowest BCUT2D eigenvalue weighted by Gasteiger charge is -2.48. The maximum absolute atomic E-state index is 13.6. The zero-order valence-corrected chi connectivity index (χ0v) is 58.1. The summed E-state index contributed by atoms with van der Waals surface area (Å²) < 4.78 is 105. The molecule has 5 rings (SSSR count). The maximum Gasteiger partial charge on any atom is 0.344 e. The van der Waals surface area contributed by atoms with E-state index in [0.717, 1.165) is 25.5 Å². The standard InChI is InChI=1S/C66H115O17PSi/c1-22-71-84(69,72-23-2)48(6)59(68)73-58(46(3)4)47(5)33-34-50(82-85(20,21)60(7,8)9)37-51-38-52(76-63(14,15)75-51)39-53-40-54(78-64(16,17)77-53)41-55-42-57(81-65(18,19)79-55)44-66(45-70-61(10,11)83-66)43-56-36-49(74-62(12,13)80-56)32-30-28-26-24-25-27-29-31-35-67/h24-31,35,46-58H,22-23,32-34,36-45H2,1-21H3/b26-24+,27-25+,30-28+,31-29+/t47-,48?,49+,50-,51-,52-,53+,54+,55-,56-,57+,58-,66?/m0/s1. The van der Waals surface area contributed by atoms with Crippen LogP contribution in [0.25, 0.3) is 0 Å². The van der Waals surface area contributed by atoms with Crippen LogP contribution in [0.5, 0.6) is 0 Å². The molecule has 5 heterocycles. The van der Waals surface area contributed by atoms with Gasteiger partial charge in [-0.2, -0.15) is 0 Å². The van der Waals surface area contributed by atoms with Crippen molar-refractivity contribution in [3.05, 3.63) is 48.6 Å². The van der Waals surface area contributed by atoms with Gasteiger partial charge in [-0.05, 0) is 152 Å². The number of aldehydes is 1. The van der Waals surface area contributed by atoms with Gasteiger partial charge in [-0.1, -0.05) is 84.1 Å². The number of carbonyl (C=O) groups excluding carboxylic acids is 2. The molecule has 5 saturated heterocycles. The van der Waals surface area contributed by atoms with Gasteiger partial charge in [0, 0.05) is 57.5 Å². The summed E-state index contributed by atoms with van der Waals surface area (Å²) in [6.07, 6.45) is 21.9. The van der Waals surface area contributed by atoms with Gasteiger partial charge in [-0.15, -0.1) is 0 Å². The first kappa shape index (κ1) is 73.8. The van der Waals surface area contributed by atoms with Gasteiger partial charge < -0.3 is 65.6 Å². The second-order valence-corrected chi connectivity index (χ2v) is 35.9. The third kappa shape index (κ3) is 23.7. The number of allylic oxidation sites excluding steroid dienone is 7. The van der Waals surface area contributed by atoms with Crippen LogP contribution >= 0.6 is 7.60 Å². The average molecular weight is 1240 g/mol. The van der Waals surface area contributed by atoms with Gasteiger partial charge in [0.2, 0.25) is 0 Å². The Morgan fingerprint density at radius 3 is 1.47 bits per heavy atom. The summed E-state index contributed by atoms with van der Waals surface area (Å²) in [4.78, 5) is 24.2. The largest absolute Gasteiger partial charge is 0.461 e. The summed E-state index contributed by atoms with van der Waals surface area (Å²) in [6, 6.07) is 0. The highest BCUT2D eigenvalue weighted by molar-refractivity contribution is 7.55. The fourth-order valence-electron chi connectivity index (χ4n) is 12.9. The van der Waals surface area contributed by atoms with Crippen molar-refractivity contribution in [2.24, 2.45) is 11.8 Å². The summed E-state index contributed by atoms with van der Waals surface area (Å²) in [5.74, 6) is -4.73. The van der Waals surface area contributed by atoms with Crippen molar-refractivity contribution >= 4 is 28.2 Å². The summed E-state index contributed by atoms with van der Waals surface area (Å²) in [6.45, 7) is 43.2. The van der Waals surface area contributed by atoms with Crippen molar-refractivity contribution in [1.29, 1.82) is 0 Å². The Labute approximate surface area is 514 Å². The molecule has 0 radical (unpaired) electrons. The van der Waals surface area contributed by atoms with Crippen molar-refractivity contribution in [2.75, 3.05) is 19.8 Å². The Hall–Kier alpha value is -1.97. The highest BCUT2D eigenvalue weighted by Crippen LogP contribution is 2.54. The van der Waals surface area contributed by atoms with Crippen molar-refractivity contribution in [3.8, 4) is 0 Å². The fourth-order valence-corrected chi connectivity index (χ4v) is 15.8. The van der Waals surface area contributed by atoms with Crippen molar-refractivity contribution < 1.29 is 79.7 Å². The second-order valence-electron chi connectivity index (χ2n) is 28.8. The highest BCUT2D eigenvalue weighted by atomic mass is 31.2. The van der Waals surface area contributed by atoms with E-state index in [0.29, 0.717) is 64.4 Å². The van der Waals surface area contributed by atoms with Crippen molar-refractivity contribution in [1.82, 2.24) is 0 Å². The first-order valence-corrected chi connectivity index (χ1v) is 36.5. The lowest BCUT2D eigenvalue weighted by Crippen LogP contribution is -2.53. The molecule has 0 amide bonds. The number of esters is 1. The van der Waals surface area contributed by atoms with Crippen molar-refractivity contribution in [2.45, 2.75) is 328 Å². The SMILES string of the molecule is CCOP(=O)(OCC)C(C)C(=O)O[C@@H](C(C)C)[C@@H](C)CC[C@@H](C[C@H]1C[C@@H](C[C@@H]2C[C@H](C[C@H]3C[C@H](CC4(C[C@@H]5C[C@@H](C/C=C/C=C/C=C/C=C/C=O)OC(C)(C)O5)COC(C)(C)O4)OC(C)(C)O3)OC(C)(C)O2)OC(C)(C)O1)O[Si](C)(C)C(C)(C)C. The van der Waals surface area contributed by atoms with Crippen LogP contribution in [0.3, 0.4) is 0 Å². The van der Waals surface area contributed by atoms with E-state index in [1.165, 1.54) is 6.08 Å². The molecule has 17 nitrogen and oxygen atoms in total. The van der Waals surface area contributed by atoms with E-state index >= 15 is 0 Å². The monoisotopic (exact) mass is 1240 g/mol. The number of rotatable bonds is 30. The number of hydrogen-bond donors (Lipinski definition) is 0. The van der Waals surface area contributed by atoms with E-state index in [1.807, 2.05) is 113 Å². The Morgan fingerprint density at radius 1 is 0.600 bits per heavy atom. The van der Waals surface area contributed by atoms with Crippen LogP contribution in [-0.4, -0.2) is 142 Å². The van der Waals surface area contributed by atoms with E-state index in [4.69, 9.17) is 65.6 Å². The van der Waals surface area contributed by atoms with Crippen LogP contribution in [0, 0.1) is 11.8 Å². The molecular formula is C66H115O17PSi. The van der Waals surface area contributed by atoms with E-state index in [2.05, 4.69) is 46.9 Å². The van der Waals surface area contributed by atoms with Crippen LogP contribution in [0.2, 0.25) is 18.1 Å². The molecule has 5 aliphatic heterocycles. The summed E-state index contributed by atoms with van der Waals surface area (Å²) in [7, 11) is -5.96. The Balaban J connectivity index is 1.25. The van der Waals surface area contributed by atoms with Crippen molar-refractivity contribution in [3.63, 3.8) is 0 Å². The minimum absolute atomic E-state index is 0.0105. The molecule has 5 fully saturated rings. The van der Waals surface area contributed by atoms with E-state index in [9.17, 15) is 14.2 Å². The predicted octanol–water partition coefficient (Wildman–Crippen LogP) is 14.9. The zero-order chi connectivity index (χ0) is 63.5. The van der Waals surface area contributed by atoms with Gasteiger partial charge in [0.25, 0.3) is 0 Å². The van der Waals surface area contributed by atoms with Gasteiger partial charge in [0.05, 0.1) is 74.3 Å². The van der Waals surface area contributed by atoms with Crippen LogP contribution in [0.15, 0.2) is 48.6 Å². The first-order valence-electron chi connectivity index (χ1n) is 31.9. The second kappa shape index (κ2) is 30.9. The average Bonchev–Trinajstić information content (AvgIpc) is 2.41. The van der Waals surface area contributed by atoms with Crippen LogP contribution < -0.4 is 0 Å². The maximum atomic E-state index is 13.6. The molecule has 0 aromatic carbocycles. The third-order valence-corrected chi connectivity index (χ3v) is 24.0. The smallest absolute Gasteiger partial charge is 0.344 e. The first-order chi connectivity index (χ1) is 39.3. The summed E-state index contributed by atoms with van der Waals surface area (Å²) in [5, 5.41) is -0.0252. The molecule has 13 atom stereocenters. The molecule has 0 aliphatic carbocycles. The lowest BCUT2D eigenvalue weighted by molar-refractivity contribution is -0.336. The van der Waals surface area contributed by atoms with Crippen LogP contribution in [0.4, 0.5) is 0 Å². The van der Waals surface area contributed by atoms with Crippen LogP contribution in [-0.2, 0) is 79.7 Å². The highest BCUT2D eigenvalue weighted by Gasteiger charge is 2.53. The molecule has 19 heteroatoms. The Bertz CT molecular complexity index is 2260. The molecule has 5 aliphatic rings. The van der Waals surface area contributed by atoms with Gasteiger partial charge in [0.15, 0.2) is 42.9 Å². The van der Waals surface area contributed by atoms with E-state index < -0.39 is 68.2 Å². The summed E-state index contributed by atoms with van der Waals surface area (Å²) >= 11 is 0. The van der Waals surface area contributed by atoms with Gasteiger partial charge in [-0.25, -0.2) is 0 Å². The third-order valence-electron chi connectivity index (χ3n) is 17.0. The zero-order valence-electron chi connectivity index (χ0n) is 56.2. The molecule has 85 heavy (non-hydrogen) atoms. The molecule has 0 spiro atoms. The predicted molar refractivity (Wildman–Crippen MR) is 333 cm³/mol. The van der Waals surface area contributed by atoms with E-state index in [-0.39, 0.29) is 85.0 Å². The molecule has 2 unspecified atom stereocenters. The quantitative estimate of drug-likeness (QED) is 0.0165. The molecule has 0 aromatic rings. The minimum Gasteiger partial charge on any atom is -0.461 e. The lowest BCUT2D eigenvalue weighted by atomic mass is 9.85. The minimum atomic E-state index is -3.71. The Kier molecular flexibility index (Phi) is 26.8. The number of ether oxygens (including phenoxy) is 11. The fraction of sp³-hybridized carbons (Fsp3) is 0.848. The molecule has 0 aromatic heterocycles.